The Bertz CT molecular complexity index is 104. The number of hydrogen-bond donors (Lipinski definition) is 1. The van der Waals surface area contributed by atoms with Gasteiger partial charge in [-0.15, -0.1) is 0 Å². The first-order valence-corrected chi connectivity index (χ1v) is 6.20. The van der Waals surface area contributed by atoms with Crippen LogP contribution in [0.2, 0.25) is 0 Å². The Hall–Kier alpha value is -0.0800. The average molecular weight is 200 g/mol. The van der Waals surface area contributed by atoms with Crippen LogP contribution in [0.25, 0.3) is 0 Å². The van der Waals surface area contributed by atoms with Crippen molar-refractivity contribution in [3.8, 4) is 0 Å². The fraction of sp³-hybridized carbons (Fsp3) is 1.00. The highest BCUT2D eigenvalue weighted by Crippen LogP contribution is 2.02. The Morgan fingerprint density at radius 1 is 0.929 bits per heavy atom. The summed E-state index contributed by atoms with van der Waals surface area (Å²) in [5, 5.41) is 3.35. The average Bonchev–Trinajstić information content (AvgIpc) is 2.18. The maximum absolute atomic E-state index is 3.35. The normalized spacial score (nSPS) is 11.1. The van der Waals surface area contributed by atoms with Gasteiger partial charge >= 0.3 is 0 Å². The van der Waals surface area contributed by atoms with E-state index in [9.17, 15) is 0 Å². The van der Waals surface area contributed by atoms with Crippen molar-refractivity contribution in [3.63, 3.8) is 0 Å². The van der Waals surface area contributed by atoms with Gasteiger partial charge in [0.05, 0.1) is 0 Å². The predicted molar refractivity (Wildman–Crippen MR) is 64.8 cm³/mol. The lowest BCUT2D eigenvalue weighted by Gasteiger charge is -2.16. The quantitative estimate of drug-likeness (QED) is 0.545. The Morgan fingerprint density at radius 2 is 1.64 bits per heavy atom. The standard InChI is InChI=1S/C12H28N2/c1-4-6-7-8-9-11-14(3)12-10-13-5-2/h13H,4-12H2,1-3H3. The molecule has 0 saturated carbocycles. The molecule has 2 heteroatoms. The second kappa shape index (κ2) is 11.0. The number of nitrogens with zero attached hydrogens (tertiary/aromatic N) is 1. The minimum absolute atomic E-state index is 1.09. The Morgan fingerprint density at radius 3 is 2.29 bits per heavy atom. The SMILES string of the molecule is CCCCCCCN(C)CCNCC. The summed E-state index contributed by atoms with van der Waals surface area (Å²) in [5.74, 6) is 0. The van der Waals surface area contributed by atoms with Crippen molar-refractivity contribution in [2.45, 2.75) is 46.0 Å². The molecule has 0 unspecified atom stereocenters. The summed E-state index contributed by atoms with van der Waals surface area (Å²) in [6.45, 7) is 9.08. The molecule has 2 nitrogen and oxygen atoms in total. The van der Waals surface area contributed by atoms with Gasteiger partial charge in [0.1, 0.15) is 0 Å². The number of rotatable bonds is 10. The molecule has 1 N–H and O–H groups in total. The van der Waals surface area contributed by atoms with Crippen LogP contribution in [0.4, 0.5) is 0 Å². The van der Waals surface area contributed by atoms with E-state index in [1.807, 2.05) is 0 Å². The molecule has 0 aromatic heterocycles. The van der Waals surface area contributed by atoms with Crippen molar-refractivity contribution >= 4 is 0 Å². The summed E-state index contributed by atoms with van der Waals surface area (Å²) < 4.78 is 0. The predicted octanol–water partition coefficient (Wildman–Crippen LogP) is 2.50. The molecule has 0 aliphatic rings. The van der Waals surface area contributed by atoms with Crippen LogP contribution in [0.15, 0.2) is 0 Å². The molecule has 0 spiro atoms. The van der Waals surface area contributed by atoms with E-state index >= 15 is 0 Å². The molecule has 0 aromatic rings. The monoisotopic (exact) mass is 200 g/mol. The first kappa shape index (κ1) is 13.9. The lowest BCUT2D eigenvalue weighted by Crippen LogP contribution is -2.29. The van der Waals surface area contributed by atoms with Gasteiger partial charge in [-0.1, -0.05) is 39.5 Å². The lowest BCUT2D eigenvalue weighted by molar-refractivity contribution is 0.323. The van der Waals surface area contributed by atoms with Gasteiger partial charge in [-0.25, -0.2) is 0 Å². The Labute approximate surface area is 90.1 Å². The summed E-state index contributed by atoms with van der Waals surface area (Å²) in [4.78, 5) is 2.43. The number of likely N-dealkylation sites (N-methyl/N-ethyl adjacent to an activating group) is 2. The number of nitrogens with one attached hydrogen (secondary N) is 1. The molecule has 0 atom stereocenters. The van der Waals surface area contributed by atoms with Crippen LogP contribution in [0.1, 0.15) is 46.0 Å². The summed E-state index contributed by atoms with van der Waals surface area (Å²) in [6, 6.07) is 0. The minimum Gasteiger partial charge on any atom is -0.316 e. The van der Waals surface area contributed by atoms with Gasteiger partial charge in [-0.3, -0.25) is 0 Å². The van der Waals surface area contributed by atoms with E-state index in [2.05, 4.69) is 31.1 Å². The summed E-state index contributed by atoms with van der Waals surface area (Å²) in [7, 11) is 2.22. The van der Waals surface area contributed by atoms with Gasteiger partial charge in [0, 0.05) is 13.1 Å². The molecule has 14 heavy (non-hydrogen) atoms. The zero-order chi connectivity index (χ0) is 10.6. The van der Waals surface area contributed by atoms with Crippen molar-refractivity contribution in [1.82, 2.24) is 10.2 Å². The van der Waals surface area contributed by atoms with Crippen LogP contribution in [-0.4, -0.2) is 38.1 Å². The minimum atomic E-state index is 1.09. The number of hydrogen-bond acceptors (Lipinski definition) is 2. The van der Waals surface area contributed by atoms with E-state index in [0.29, 0.717) is 0 Å². The molecule has 0 saturated heterocycles. The van der Waals surface area contributed by atoms with Crippen molar-refractivity contribution in [2.75, 3.05) is 33.2 Å². The van der Waals surface area contributed by atoms with E-state index < -0.39 is 0 Å². The van der Waals surface area contributed by atoms with Crippen LogP contribution in [0.5, 0.6) is 0 Å². The van der Waals surface area contributed by atoms with Crippen molar-refractivity contribution in [1.29, 1.82) is 0 Å². The molecule has 0 radical (unpaired) electrons. The highest BCUT2D eigenvalue weighted by molar-refractivity contribution is 4.54. The fourth-order valence-corrected chi connectivity index (χ4v) is 1.54. The highest BCUT2D eigenvalue weighted by Gasteiger charge is 1.96. The molecule has 0 aromatic carbocycles. The second-order valence-corrected chi connectivity index (χ2v) is 4.07. The number of unbranched alkanes of at least 4 members (excludes halogenated alkanes) is 4. The molecule has 0 aliphatic carbocycles. The van der Waals surface area contributed by atoms with E-state index in [-0.39, 0.29) is 0 Å². The summed E-state index contributed by atoms with van der Waals surface area (Å²) in [5.41, 5.74) is 0. The zero-order valence-corrected chi connectivity index (χ0v) is 10.3. The maximum Gasteiger partial charge on any atom is 0.0104 e. The Balaban J connectivity index is 3.06. The first-order valence-electron chi connectivity index (χ1n) is 6.20. The van der Waals surface area contributed by atoms with E-state index in [4.69, 9.17) is 0 Å². The topological polar surface area (TPSA) is 15.3 Å². The maximum atomic E-state index is 3.35. The molecule has 0 fully saturated rings. The molecular formula is C12H28N2. The molecule has 0 bridgehead atoms. The zero-order valence-electron chi connectivity index (χ0n) is 10.3. The largest absolute Gasteiger partial charge is 0.316 e. The second-order valence-electron chi connectivity index (χ2n) is 4.07. The first-order chi connectivity index (χ1) is 6.81. The van der Waals surface area contributed by atoms with Crippen molar-refractivity contribution in [2.24, 2.45) is 0 Å². The highest BCUT2D eigenvalue weighted by atomic mass is 15.1. The van der Waals surface area contributed by atoms with Crippen LogP contribution >= 0.6 is 0 Å². The van der Waals surface area contributed by atoms with E-state index in [1.54, 1.807) is 0 Å². The summed E-state index contributed by atoms with van der Waals surface area (Å²) >= 11 is 0. The lowest BCUT2D eigenvalue weighted by atomic mass is 10.1. The van der Waals surface area contributed by atoms with Gasteiger partial charge < -0.3 is 10.2 Å². The molecule has 86 valence electrons. The molecule has 0 heterocycles. The fourth-order valence-electron chi connectivity index (χ4n) is 1.54. The molecular weight excluding hydrogens is 172 g/mol. The Kier molecular flexibility index (Phi) is 10.9. The van der Waals surface area contributed by atoms with Crippen LogP contribution in [0.3, 0.4) is 0 Å². The molecule has 0 rings (SSSR count). The van der Waals surface area contributed by atoms with Gasteiger partial charge in [-0.2, -0.15) is 0 Å². The van der Waals surface area contributed by atoms with E-state index in [1.165, 1.54) is 45.2 Å². The third-order valence-corrected chi connectivity index (χ3v) is 2.56. The smallest absolute Gasteiger partial charge is 0.0104 e. The van der Waals surface area contributed by atoms with Crippen molar-refractivity contribution in [3.05, 3.63) is 0 Å². The van der Waals surface area contributed by atoms with Crippen LogP contribution < -0.4 is 5.32 Å². The van der Waals surface area contributed by atoms with Crippen LogP contribution in [0, 0.1) is 0 Å². The van der Waals surface area contributed by atoms with Gasteiger partial charge in [-0.05, 0) is 26.6 Å². The van der Waals surface area contributed by atoms with Gasteiger partial charge in [0.15, 0.2) is 0 Å². The molecule has 0 amide bonds. The van der Waals surface area contributed by atoms with Crippen molar-refractivity contribution < 1.29 is 0 Å². The third-order valence-electron chi connectivity index (χ3n) is 2.56. The van der Waals surface area contributed by atoms with E-state index in [0.717, 1.165) is 13.1 Å². The molecule has 0 aliphatic heterocycles. The van der Waals surface area contributed by atoms with Crippen LogP contribution in [-0.2, 0) is 0 Å². The van der Waals surface area contributed by atoms with Gasteiger partial charge in [0.2, 0.25) is 0 Å². The third kappa shape index (κ3) is 10.0. The van der Waals surface area contributed by atoms with Gasteiger partial charge in [0.25, 0.3) is 0 Å². The summed E-state index contributed by atoms with van der Waals surface area (Å²) in [6.07, 6.45) is 6.93.